The molecule has 0 aliphatic heterocycles. The maximum Gasteiger partial charge on any atom is 0.342 e. The van der Waals surface area contributed by atoms with Gasteiger partial charge in [-0.1, -0.05) is 62.8 Å². The Morgan fingerprint density at radius 2 is 1.48 bits per heavy atom. The molecule has 176 valence electrons. The summed E-state index contributed by atoms with van der Waals surface area (Å²) < 4.78 is 10.4. The minimum atomic E-state index is -0.446. The number of unbranched alkanes of at least 4 members (excludes halogenated alkanes) is 6. The first-order valence-corrected chi connectivity index (χ1v) is 12.0. The Hall–Kier alpha value is -3.13. The minimum Gasteiger partial charge on any atom is -0.466 e. The van der Waals surface area contributed by atoms with Crippen LogP contribution in [0.5, 0.6) is 5.75 Å². The zero-order chi connectivity index (χ0) is 23.9. The number of carbonyl (C=O) groups is 2. The number of ether oxygens (including phenoxy) is 2. The molecule has 0 saturated carbocycles. The van der Waals surface area contributed by atoms with Gasteiger partial charge in [0.1, 0.15) is 5.75 Å². The zero-order valence-corrected chi connectivity index (χ0v) is 19.9. The molecular formula is C28H35NO4. The van der Waals surface area contributed by atoms with Crippen molar-refractivity contribution in [2.45, 2.75) is 78.1 Å². The molecule has 33 heavy (non-hydrogen) atoms. The molecule has 0 radical (unpaired) electrons. The molecule has 0 bridgehead atoms. The van der Waals surface area contributed by atoms with E-state index in [9.17, 15) is 9.59 Å². The summed E-state index contributed by atoms with van der Waals surface area (Å²) in [6.07, 6.45) is 10.6. The maximum atomic E-state index is 12.6. The summed E-state index contributed by atoms with van der Waals surface area (Å²) in [5.41, 5.74) is 3.14. The molecule has 0 saturated heterocycles. The molecule has 0 aromatic heterocycles. The standard InChI is InChI=1S/C28H35NO4/c1-4-5-9-13-24-16-19-27(26(21-24)29-3)33-28(31)25-17-14-23(15-18-25)12-10-7-6-8-11-20-32-22(2)30/h14-19,21H,4-13,20H2,1-2H3. The van der Waals surface area contributed by atoms with Crippen LogP contribution in [-0.2, 0) is 22.4 Å². The molecule has 5 nitrogen and oxygen atoms in total. The number of esters is 2. The normalized spacial score (nSPS) is 10.5. The van der Waals surface area contributed by atoms with Crippen LogP contribution in [0.1, 0.15) is 86.7 Å². The molecule has 2 aromatic rings. The van der Waals surface area contributed by atoms with Gasteiger partial charge in [0.2, 0.25) is 5.69 Å². The first-order chi connectivity index (χ1) is 16.0. The summed E-state index contributed by atoms with van der Waals surface area (Å²) in [6, 6.07) is 13.0. The first kappa shape index (κ1) is 26.1. The Kier molecular flexibility index (Phi) is 11.7. The lowest BCUT2D eigenvalue weighted by molar-refractivity contribution is -0.141. The molecule has 2 rings (SSSR count). The Balaban J connectivity index is 1.78. The molecule has 0 spiro atoms. The van der Waals surface area contributed by atoms with Gasteiger partial charge in [-0.05, 0) is 61.9 Å². The van der Waals surface area contributed by atoms with Crippen LogP contribution in [0.2, 0.25) is 0 Å². The van der Waals surface area contributed by atoms with Gasteiger partial charge in [0.25, 0.3) is 0 Å². The Bertz CT molecular complexity index is 928. The van der Waals surface area contributed by atoms with E-state index in [0.29, 0.717) is 23.6 Å². The predicted octanol–water partition coefficient (Wildman–Crippen LogP) is 7.25. The van der Waals surface area contributed by atoms with Crippen LogP contribution in [0.15, 0.2) is 42.5 Å². The largest absolute Gasteiger partial charge is 0.466 e. The highest BCUT2D eigenvalue weighted by Gasteiger charge is 2.13. The number of hydrogen-bond acceptors (Lipinski definition) is 4. The van der Waals surface area contributed by atoms with E-state index in [1.807, 2.05) is 24.3 Å². The summed E-state index contributed by atoms with van der Waals surface area (Å²) in [5.74, 6) is -0.352. The minimum absolute atomic E-state index is 0.218. The number of rotatable bonds is 14. The monoisotopic (exact) mass is 449 g/mol. The van der Waals surface area contributed by atoms with Crippen LogP contribution < -0.4 is 4.74 Å². The van der Waals surface area contributed by atoms with Crippen molar-refractivity contribution in [2.75, 3.05) is 6.61 Å². The molecule has 0 amide bonds. The van der Waals surface area contributed by atoms with E-state index in [4.69, 9.17) is 16.0 Å². The molecule has 0 N–H and O–H groups in total. The lowest BCUT2D eigenvalue weighted by Gasteiger charge is -2.09. The van der Waals surface area contributed by atoms with Crippen molar-refractivity contribution in [1.82, 2.24) is 0 Å². The van der Waals surface area contributed by atoms with Crippen molar-refractivity contribution in [1.29, 1.82) is 0 Å². The summed E-state index contributed by atoms with van der Waals surface area (Å²) >= 11 is 0. The average molecular weight is 450 g/mol. The smallest absolute Gasteiger partial charge is 0.342 e. The van der Waals surface area contributed by atoms with Crippen molar-refractivity contribution >= 4 is 17.6 Å². The van der Waals surface area contributed by atoms with Gasteiger partial charge in [-0.3, -0.25) is 4.79 Å². The molecule has 0 unspecified atom stereocenters. The van der Waals surface area contributed by atoms with E-state index in [1.165, 1.54) is 12.5 Å². The van der Waals surface area contributed by atoms with E-state index >= 15 is 0 Å². The molecule has 0 heterocycles. The summed E-state index contributed by atoms with van der Waals surface area (Å²) in [7, 11) is 0. The third-order valence-corrected chi connectivity index (χ3v) is 5.52. The lowest BCUT2D eigenvalue weighted by atomic mass is 10.0. The quantitative estimate of drug-likeness (QED) is 0.132. The third-order valence-electron chi connectivity index (χ3n) is 5.52. The second kappa shape index (κ2) is 14.8. The number of hydrogen-bond donors (Lipinski definition) is 0. The van der Waals surface area contributed by atoms with Gasteiger partial charge in [-0.25, -0.2) is 9.64 Å². The average Bonchev–Trinajstić information content (AvgIpc) is 2.82. The first-order valence-electron chi connectivity index (χ1n) is 12.0. The van der Waals surface area contributed by atoms with Crippen LogP contribution in [0.4, 0.5) is 5.69 Å². The molecule has 2 aromatic carbocycles. The van der Waals surface area contributed by atoms with E-state index in [1.54, 1.807) is 18.2 Å². The highest BCUT2D eigenvalue weighted by atomic mass is 16.5. The summed E-state index contributed by atoms with van der Waals surface area (Å²) in [4.78, 5) is 26.8. The highest BCUT2D eigenvalue weighted by molar-refractivity contribution is 5.91. The van der Waals surface area contributed by atoms with Crippen molar-refractivity contribution in [3.8, 4) is 5.75 Å². The van der Waals surface area contributed by atoms with Gasteiger partial charge in [0.05, 0.1) is 18.7 Å². The van der Waals surface area contributed by atoms with E-state index in [0.717, 1.165) is 69.8 Å². The van der Waals surface area contributed by atoms with Crippen molar-refractivity contribution in [3.63, 3.8) is 0 Å². The van der Waals surface area contributed by atoms with Crippen molar-refractivity contribution < 1.29 is 19.1 Å². The second-order valence-electron chi connectivity index (χ2n) is 8.32. The number of nitrogens with zero attached hydrogens (tertiary/aromatic N) is 1. The summed E-state index contributed by atoms with van der Waals surface area (Å²) in [5, 5.41) is 0. The Morgan fingerprint density at radius 3 is 2.18 bits per heavy atom. The fourth-order valence-corrected chi connectivity index (χ4v) is 3.61. The molecule has 0 atom stereocenters. The topological polar surface area (TPSA) is 57.0 Å². The van der Waals surface area contributed by atoms with Gasteiger partial charge >= 0.3 is 11.9 Å². The number of benzene rings is 2. The van der Waals surface area contributed by atoms with E-state index in [2.05, 4.69) is 11.8 Å². The Labute approximate surface area is 197 Å². The molecule has 5 heteroatoms. The molecule has 0 fully saturated rings. The highest BCUT2D eigenvalue weighted by Crippen LogP contribution is 2.30. The van der Waals surface area contributed by atoms with E-state index in [-0.39, 0.29) is 5.97 Å². The van der Waals surface area contributed by atoms with Crippen molar-refractivity contribution in [3.05, 3.63) is 70.6 Å². The van der Waals surface area contributed by atoms with Crippen LogP contribution >= 0.6 is 0 Å². The molecule has 0 aliphatic carbocycles. The second-order valence-corrected chi connectivity index (χ2v) is 8.32. The van der Waals surface area contributed by atoms with Gasteiger partial charge in [0, 0.05) is 6.92 Å². The fraction of sp³-hybridized carbons (Fsp3) is 0.464. The van der Waals surface area contributed by atoms with Gasteiger partial charge in [0.15, 0.2) is 0 Å². The third kappa shape index (κ3) is 9.91. The number of aryl methyl sites for hydroxylation is 2. The molecular weight excluding hydrogens is 414 g/mol. The van der Waals surface area contributed by atoms with E-state index < -0.39 is 5.97 Å². The SMILES string of the molecule is [C-]#[N+]c1cc(CCCCC)ccc1OC(=O)c1ccc(CCCCCCCOC(C)=O)cc1. The molecule has 0 aliphatic rings. The summed E-state index contributed by atoms with van der Waals surface area (Å²) in [6.45, 7) is 11.5. The fourth-order valence-electron chi connectivity index (χ4n) is 3.61. The maximum absolute atomic E-state index is 12.6. The van der Waals surface area contributed by atoms with Crippen LogP contribution in [0.25, 0.3) is 4.85 Å². The zero-order valence-electron chi connectivity index (χ0n) is 19.9. The van der Waals surface area contributed by atoms with Crippen molar-refractivity contribution in [2.24, 2.45) is 0 Å². The van der Waals surface area contributed by atoms with Crippen LogP contribution in [-0.4, -0.2) is 18.5 Å². The van der Waals surface area contributed by atoms with Crippen LogP contribution in [0.3, 0.4) is 0 Å². The van der Waals surface area contributed by atoms with Gasteiger partial charge in [-0.2, -0.15) is 0 Å². The van der Waals surface area contributed by atoms with Gasteiger partial charge < -0.3 is 9.47 Å². The Morgan fingerprint density at radius 1 is 0.848 bits per heavy atom. The number of carbonyl (C=O) groups excluding carboxylic acids is 2. The van der Waals surface area contributed by atoms with Gasteiger partial charge in [-0.15, -0.1) is 0 Å². The van der Waals surface area contributed by atoms with Crippen LogP contribution in [0, 0.1) is 6.57 Å². The lowest BCUT2D eigenvalue weighted by Crippen LogP contribution is -2.08. The predicted molar refractivity (Wildman–Crippen MR) is 131 cm³/mol.